The van der Waals surface area contributed by atoms with E-state index in [2.05, 4.69) is 28.6 Å². The van der Waals surface area contributed by atoms with Gasteiger partial charge < -0.3 is 5.32 Å². The normalized spacial score (nSPS) is 21.5. The molecule has 2 N–H and O–H groups in total. The first kappa shape index (κ1) is 21.1. The molecule has 9 heteroatoms. The summed E-state index contributed by atoms with van der Waals surface area (Å²) in [6.45, 7) is 5.11. The van der Waals surface area contributed by atoms with Crippen molar-refractivity contribution in [2.75, 3.05) is 12.4 Å². The molecular weight excluding hydrogens is 419 g/mol. The summed E-state index contributed by atoms with van der Waals surface area (Å²) in [7, 11) is 2.04. The number of nitrogens with one attached hydrogen (secondary N) is 2. The molecule has 0 saturated carbocycles. The number of rotatable bonds is 6. The fourth-order valence-corrected chi connectivity index (χ4v) is 4.22. The van der Waals surface area contributed by atoms with Crippen LogP contribution < -0.4 is 10.6 Å². The van der Waals surface area contributed by atoms with Gasteiger partial charge in [-0.1, -0.05) is 36.2 Å². The third kappa shape index (κ3) is 5.04. The highest BCUT2D eigenvalue weighted by Crippen LogP contribution is 2.31. The monoisotopic (exact) mass is 441 g/mol. The van der Waals surface area contributed by atoms with Gasteiger partial charge in [-0.3, -0.25) is 5.32 Å². The van der Waals surface area contributed by atoms with E-state index in [1.807, 2.05) is 25.4 Å². The predicted octanol–water partition coefficient (Wildman–Crippen LogP) is 5.35. The van der Waals surface area contributed by atoms with E-state index >= 15 is 0 Å². The molecule has 2 unspecified atom stereocenters. The summed E-state index contributed by atoms with van der Waals surface area (Å²) in [6, 6.07) is 4.92. The number of thiazole rings is 1. The quantitative estimate of drug-likeness (QED) is 0.594. The van der Waals surface area contributed by atoms with Gasteiger partial charge in [-0.25, -0.2) is 9.78 Å². The van der Waals surface area contributed by atoms with Gasteiger partial charge in [0.15, 0.2) is 11.7 Å². The number of urea groups is 1. The maximum Gasteiger partial charge on any atom is 0.321 e. The molecule has 28 heavy (non-hydrogen) atoms. The molecule has 3 rings (SSSR count). The SMILES string of the molecule is CCC1=CC(C)O[N+]1(C)Cc1csc(NC(=O)NCc2ccc(Cl)c(Cl)c2)n1. The molecule has 0 saturated heterocycles. The average molecular weight is 442 g/mol. The van der Waals surface area contributed by atoms with Crippen LogP contribution in [0.25, 0.3) is 0 Å². The maximum atomic E-state index is 12.1. The van der Waals surface area contributed by atoms with E-state index in [9.17, 15) is 4.79 Å². The molecule has 1 aliphatic rings. The largest absolute Gasteiger partial charge is 0.334 e. The fourth-order valence-electron chi connectivity index (χ4n) is 3.20. The Morgan fingerprint density at radius 3 is 2.86 bits per heavy atom. The molecule has 2 amide bonds. The van der Waals surface area contributed by atoms with Crippen molar-refractivity contribution < 1.29 is 14.3 Å². The molecule has 0 bridgehead atoms. The summed E-state index contributed by atoms with van der Waals surface area (Å²) in [6.07, 6.45) is 3.16. The van der Waals surface area contributed by atoms with Gasteiger partial charge in [0.1, 0.15) is 24.5 Å². The lowest BCUT2D eigenvalue weighted by Gasteiger charge is -2.28. The molecule has 0 aliphatic carbocycles. The number of anilines is 1. The van der Waals surface area contributed by atoms with E-state index < -0.39 is 0 Å². The minimum Gasteiger partial charge on any atom is -0.334 e. The van der Waals surface area contributed by atoms with Gasteiger partial charge >= 0.3 is 6.03 Å². The number of allylic oxidation sites excluding steroid dienone is 1. The Kier molecular flexibility index (Phi) is 6.62. The molecule has 0 spiro atoms. The highest BCUT2D eigenvalue weighted by molar-refractivity contribution is 7.13. The van der Waals surface area contributed by atoms with Crippen LogP contribution in [0.15, 0.2) is 35.4 Å². The Bertz CT molecular complexity index is 902. The molecule has 1 aromatic heterocycles. The van der Waals surface area contributed by atoms with Crippen molar-refractivity contribution in [3.63, 3.8) is 0 Å². The minimum atomic E-state index is -0.326. The summed E-state index contributed by atoms with van der Waals surface area (Å²) < 4.78 is 0.393. The van der Waals surface area contributed by atoms with E-state index in [1.54, 1.807) is 12.1 Å². The number of halogens is 2. The number of hydrogen-bond acceptors (Lipinski definition) is 4. The Balaban J connectivity index is 1.55. The zero-order valence-corrected chi connectivity index (χ0v) is 18.3. The number of carbonyl (C=O) groups is 1. The molecule has 2 heterocycles. The summed E-state index contributed by atoms with van der Waals surface area (Å²) >= 11 is 13.3. The first-order chi connectivity index (χ1) is 13.3. The Morgan fingerprint density at radius 2 is 2.14 bits per heavy atom. The van der Waals surface area contributed by atoms with Crippen LogP contribution in [-0.2, 0) is 17.9 Å². The van der Waals surface area contributed by atoms with E-state index in [4.69, 9.17) is 28.0 Å². The highest BCUT2D eigenvalue weighted by Gasteiger charge is 2.38. The maximum absolute atomic E-state index is 12.1. The van der Waals surface area contributed by atoms with Crippen LogP contribution in [0.2, 0.25) is 10.0 Å². The van der Waals surface area contributed by atoms with Gasteiger partial charge in [0.2, 0.25) is 0 Å². The Hall–Kier alpha value is -1.64. The number of benzene rings is 1. The highest BCUT2D eigenvalue weighted by atomic mass is 35.5. The van der Waals surface area contributed by atoms with Gasteiger partial charge in [-0.2, -0.15) is 4.84 Å². The molecule has 2 aromatic rings. The van der Waals surface area contributed by atoms with Crippen LogP contribution >= 0.6 is 34.5 Å². The lowest BCUT2D eigenvalue weighted by molar-refractivity contribution is -1.07. The van der Waals surface area contributed by atoms with Gasteiger partial charge in [-0.15, -0.1) is 16.0 Å². The number of nitrogens with zero attached hydrogens (tertiary/aromatic N) is 2. The van der Waals surface area contributed by atoms with Crippen molar-refractivity contribution in [3.05, 3.63) is 56.7 Å². The second-order valence-electron chi connectivity index (χ2n) is 6.78. The molecule has 1 aliphatic heterocycles. The number of hydroxylamine groups is 3. The van der Waals surface area contributed by atoms with Crippen LogP contribution in [-0.4, -0.2) is 28.8 Å². The van der Waals surface area contributed by atoms with E-state index in [-0.39, 0.29) is 12.1 Å². The summed E-state index contributed by atoms with van der Waals surface area (Å²) in [5, 5.41) is 8.98. The molecule has 0 fully saturated rings. The summed E-state index contributed by atoms with van der Waals surface area (Å²) in [4.78, 5) is 22.7. The van der Waals surface area contributed by atoms with Crippen molar-refractivity contribution in [2.45, 2.75) is 39.5 Å². The van der Waals surface area contributed by atoms with Crippen LogP contribution in [0.5, 0.6) is 0 Å². The molecule has 6 nitrogen and oxygen atoms in total. The van der Waals surface area contributed by atoms with Crippen LogP contribution in [0, 0.1) is 0 Å². The average Bonchev–Trinajstić information content (AvgIpc) is 3.18. The van der Waals surface area contributed by atoms with Crippen molar-refractivity contribution in [1.29, 1.82) is 0 Å². The standard InChI is InChI=1S/C19H22Cl2N4O2S/c1-4-15-7-12(2)27-25(15,3)10-14-11-28-19(23-14)24-18(26)22-9-13-5-6-16(20)17(21)8-13/h5-8,11-12H,4,9-10H2,1-3H3,(H-,22,23,24,26)/p+1. The number of carbonyl (C=O) groups excluding carboxylic acids is 1. The Labute approximate surface area is 178 Å². The molecule has 2 atom stereocenters. The van der Waals surface area contributed by atoms with Crippen LogP contribution in [0.3, 0.4) is 0 Å². The fraction of sp³-hybridized carbons (Fsp3) is 0.368. The second kappa shape index (κ2) is 8.80. The zero-order valence-electron chi connectivity index (χ0n) is 16.0. The van der Waals surface area contributed by atoms with Crippen molar-refractivity contribution in [1.82, 2.24) is 10.3 Å². The lowest BCUT2D eigenvalue weighted by atomic mass is 10.2. The van der Waals surface area contributed by atoms with Gasteiger partial charge in [0.05, 0.1) is 10.0 Å². The molecular formula is C19H23Cl2N4O2S+. The van der Waals surface area contributed by atoms with E-state index in [0.29, 0.717) is 32.9 Å². The molecule has 0 radical (unpaired) electrons. The van der Waals surface area contributed by atoms with Crippen LogP contribution in [0.1, 0.15) is 31.5 Å². The number of amides is 2. The van der Waals surface area contributed by atoms with Crippen molar-refractivity contribution in [3.8, 4) is 0 Å². The first-order valence-electron chi connectivity index (χ1n) is 8.97. The number of aromatic nitrogens is 1. The predicted molar refractivity (Wildman–Crippen MR) is 113 cm³/mol. The third-order valence-electron chi connectivity index (χ3n) is 4.47. The second-order valence-corrected chi connectivity index (χ2v) is 8.45. The third-order valence-corrected chi connectivity index (χ3v) is 6.01. The lowest BCUT2D eigenvalue weighted by Crippen LogP contribution is -2.39. The van der Waals surface area contributed by atoms with Gasteiger partial charge in [0.25, 0.3) is 0 Å². The Morgan fingerprint density at radius 1 is 1.36 bits per heavy atom. The minimum absolute atomic E-state index is 0.0864. The van der Waals surface area contributed by atoms with Crippen LogP contribution in [0.4, 0.5) is 9.93 Å². The zero-order chi connectivity index (χ0) is 20.3. The number of hydrogen-bond donors (Lipinski definition) is 2. The van der Waals surface area contributed by atoms with Gasteiger partial charge in [-0.05, 0) is 24.6 Å². The van der Waals surface area contributed by atoms with E-state index in [0.717, 1.165) is 17.7 Å². The van der Waals surface area contributed by atoms with Gasteiger partial charge in [0, 0.05) is 24.4 Å². The smallest absolute Gasteiger partial charge is 0.321 e. The molecule has 150 valence electrons. The van der Waals surface area contributed by atoms with Crippen molar-refractivity contribution in [2.24, 2.45) is 0 Å². The summed E-state index contributed by atoms with van der Waals surface area (Å²) in [5.74, 6) is 0. The van der Waals surface area contributed by atoms with E-state index in [1.165, 1.54) is 17.0 Å². The topological polar surface area (TPSA) is 63.2 Å². The number of quaternary nitrogens is 1. The molecule has 1 aromatic carbocycles. The summed E-state index contributed by atoms with van der Waals surface area (Å²) in [5.41, 5.74) is 2.97. The first-order valence-corrected chi connectivity index (χ1v) is 10.6. The van der Waals surface area contributed by atoms with Crippen molar-refractivity contribution >= 4 is 45.7 Å².